The minimum absolute atomic E-state index is 0.0634. The summed E-state index contributed by atoms with van der Waals surface area (Å²) in [5.41, 5.74) is 2.44. The monoisotopic (exact) mass is 461 g/mol. The average Bonchev–Trinajstić information content (AvgIpc) is 2.81. The van der Waals surface area contributed by atoms with Crippen molar-refractivity contribution in [3.05, 3.63) is 105 Å². The molecule has 1 aliphatic heterocycles. The van der Waals surface area contributed by atoms with E-state index in [1.54, 1.807) is 41.4 Å². The van der Waals surface area contributed by atoms with Gasteiger partial charge in [-0.1, -0.05) is 23.7 Å². The first-order chi connectivity index (χ1) is 15.9. The van der Waals surface area contributed by atoms with E-state index in [9.17, 15) is 14.0 Å². The second-order valence-electron chi connectivity index (χ2n) is 8.33. The van der Waals surface area contributed by atoms with E-state index in [1.807, 2.05) is 25.1 Å². The quantitative estimate of drug-likeness (QED) is 0.420. The molecule has 4 aromatic rings. The lowest BCUT2D eigenvalue weighted by Crippen LogP contribution is -2.44. The fourth-order valence-corrected chi connectivity index (χ4v) is 4.56. The lowest BCUT2D eigenvalue weighted by Gasteiger charge is -2.35. The molecule has 1 atom stereocenters. The number of amides is 1. The van der Waals surface area contributed by atoms with Gasteiger partial charge in [-0.3, -0.25) is 14.2 Å². The first-order valence-corrected chi connectivity index (χ1v) is 11.1. The molecule has 166 valence electrons. The van der Waals surface area contributed by atoms with Gasteiger partial charge in [0.15, 0.2) is 0 Å². The van der Waals surface area contributed by atoms with Gasteiger partial charge in [-0.05, 0) is 79.4 Å². The fourth-order valence-electron chi connectivity index (χ4n) is 4.44. The summed E-state index contributed by atoms with van der Waals surface area (Å²) < 4.78 is 15.3. The van der Waals surface area contributed by atoms with Crippen molar-refractivity contribution in [1.29, 1.82) is 0 Å². The number of hydrogen-bond acceptors (Lipinski definition) is 3. The fraction of sp³-hybridized carbons (Fsp3) is 0.192. The molecule has 3 heterocycles. The second-order valence-corrected chi connectivity index (χ2v) is 8.76. The molecule has 0 saturated carbocycles. The number of aryl methyl sites for hydroxylation is 1. The molecule has 0 saturated heterocycles. The van der Waals surface area contributed by atoms with Crippen LogP contribution < -0.4 is 10.5 Å². The molecule has 0 fully saturated rings. The first-order valence-electron chi connectivity index (χ1n) is 10.8. The van der Waals surface area contributed by atoms with Crippen LogP contribution in [0.15, 0.2) is 71.7 Å². The molecule has 1 unspecified atom stereocenters. The number of carbonyl (C=O) groups is 1. The molecule has 1 amide bonds. The van der Waals surface area contributed by atoms with Crippen LogP contribution in [0.4, 0.5) is 10.1 Å². The van der Waals surface area contributed by atoms with Crippen LogP contribution in [0.3, 0.4) is 0 Å². The molecular formula is C26H21ClFN3O2. The predicted molar refractivity (Wildman–Crippen MR) is 128 cm³/mol. The Morgan fingerprint density at radius 3 is 2.73 bits per heavy atom. The number of fused-ring (bicyclic) bond motifs is 2. The Kier molecular flexibility index (Phi) is 5.46. The van der Waals surface area contributed by atoms with Gasteiger partial charge in [-0.15, -0.1) is 0 Å². The van der Waals surface area contributed by atoms with Gasteiger partial charge in [0.25, 0.3) is 11.5 Å². The third-order valence-electron chi connectivity index (χ3n) is 6.12. The van der Waals surface area contributed by atoms with Crippen molar-refractivity contribution in [2.24, 2.45) is 0 Å². The van der Waals surface area contributed by atoms with Crippen molar-refractivity contribution in [1.82, 2.24) is 9.55 Å². The zero-order valence-corrected chi connectivity index (χ0v) is 18.7. The Morgan fingerprint density at radius 2 is 1.94 bits per heavy atom. The van der Waals surface area contributed by atoms with E-state index in [0.29, 0.717) is 34.6 Å². The van der Waals surface area contributed by atoms with Crippen molar-refractivity contribution in [2.75, 3.05) is 4.90 Å². The number of anilines is 1. The van der Waals surface area contributed by atoms with E-state index in [0.717, 1.165) is 11.1 Å². The average molecular weight is 462 g/mol. The number of hydrogen-bond donors (Lipinski definition) is 0. The molecule has 7 heteroatoms. The molecule has 1 aliphatic rings. The van der Waals surface area contributed by atoms with Crippen molar-refractivity contribution < 1.29 is 9.18 Å². The number of rotatable bonds is 3. The van der Waals surface area contributed by atoms with Gasteiger partial charge < -0.3 is 4.90 Å². The van der Waals surface area contributed by atoms with Crippen LogP contribution in [-0.2, 0) is 13.0 Å². The second kappa shape index (κ2) is 8.45. The Bertz CT molecular complexity index is 1430. The number of pyridine rings is 2. The van der Waals surface area contributed by atoms with Gasteiger partial charge >= 0.3 is 0 Å². The number of halogens is 2. The lowest BCUT2D eigenvalue weighted by atomic mass is 9.95. The predicted octanol–water partition coefficient (Wildman–Crippen LogP) is 5.22. The van der Waals surface area contributed by atoms with Crippen LogP contribution in [0.1, 0.15) is 34.8 Å². The third-order valence-corrected chi connectivity index (χ3v) is 6.38. The molecule has 0 aliphatic carbocycles. The Labute approximate surface area is 195 Å². The summed E-state index contributed by atoms with van der Waals surface area (Å²) in [6.07, 6.45) is 3.00. The minimum Gasteiger partial charge on any atom is -0.305 e. The molecule has 5 nitrogen and oxygen atoms in total. The highest BCUT2D eigenvalue weighted by Crippen LogP contribution is 2.32. The van der Waals surface area contributed by atoms with Gasteiger partial charge in [-0.25, -0.2) is 9.37 Å². The molecule has 0 radical (unpaired) electrons. The van der Waals surface area contributed by atoms with Crippen LogP contribution in [0.5, 0.6) is 0 Å². The maximum absolute atomic E-state index is 13.8. The van der Waals surface area contributed by atoms with E-state index in [4.69, 9.17) is 11.6 Å². The van der Waals surface area contributed by atoms with Crippen molar-refractivity contribution >= 4 is 34.2 Å². The smallest absolute Gasteiger partial charge is 0.265 e. The lowest BCUT2D eigenvalue weighted by molar-refractivity contribution is 0.0973. The van der Waals surface area contributed by atoms with E-state index >= 15 is 0 Å². The van der Waals surface area contributed by atoms with Crippen LogP contribution in [-0.4, -0.2) is 21.5 Å². The summed E-state index contributed by atoms with van der Waals surface area (Å²) in [5.74, 6) is -0.728. The van der Waals surface area contributed by atoms with Gasteiger partial charge in [0, 0.05) is 28.3 Å². The topological polar surface area (TPSA) is 55.2 Å². The van der Waals surface area contributed by atoms with E-state index < -0.39 is 11.5 Å². The van der Waals surface area contributed by atoms with Gasteiger partial charge in [0.2, 0.25) is 0 Å². The molecule has 0 bridgehead atoms. The summed E-state index contributed by atoms with van der Waals surface area (Å²) in [6, 6.07) is 16.7. The third kappa shape index (κ3) is 3.91. The van der Waals surface area contributed by atoms with Crippen molar-refractivity contribution in [2.45, 2.75) is 32.4 Å². The highest BCUT2D eigenvalue weighted by Gasteiger charge is 2.31. The number of aromatic nitrogens is 2. The number of benzene rings is 2. The zero-order valence-electron chi connectivity index (χ0n) is 18.0. The minimum atomic E-state index is -0.414. The normalized spacial score (nSPS) is 15.5. The highest BCUT2D eigenvalue weighted by atomic mass is 35.5. The van der Waals surface area contributed by atoms with Crippen LogP contribution in [0, 0.1) is 5.82 Å². The molecule has 33 heavy (non-hydrogen) atoms. The van der Waals surface area contributed by atoms with Crippen LogP contribution in [0.2, 0.25) is 5.02 Å². The number of carbonyl (C=O) groups excluding carboxylic acids is 1. The summed E-state index contributed by atoms with van der Waals surface area (Å²) in [5, 5.41) is 1.30. The highest BCUT2D eigenvalue weighted by molar-refractivity contribution is 6.30. The Balaban J connectivity index is 1.65. The maximum Gasteiger partial charge on any atom is 0.265 e. The Hall–Kier alpha value is -3.51. The van der Waals surface area contributed by atoms with Gasteiger partial charge in [0.1, 0.15) is 17.0 Å². The SMILES string of the molecule is CC1CCc2cc(F)ccc2N1C(=O)c1cc2cccnc2n(Cc2ccc(Cl)cc2)c1=O. The molecular weight excluding hydrogens is 441 g/mol. The number of nitrogens with zero attached hydrogens (tertiary/aromatic N) is 3. The van der Waals surface area contributed by atoms with Crippen LogP contribution in [0.25, 0.3) is 11.0 Å². The van der Waals surface area contributed by atoms with E-state index in [-0.39, 0.29) is 24.0 Å². The van der Waals surface area contributed by atoms with Crippen molar-refractivity contribution in [3.63, 3.8) is 0 Å². The van der Waals surface area contributed by atoms with Gasteiger partial charge in [0.05, 0.1) is 6.54 Å². The van der Waals surface area contributed by atoms with E-state index in [1.165, 1.54) is 16.7 Å². The van der Waals surface area contributed by atoms with Crippen LogP contribution >= 0.6 is 11.6 Å². The molecule has 2 aromatic carbocycles. The Morgan fingerprint density at radius 1 is 1.15 bits per heavy atom. The molecule has 0 spiro atoms. The standard InChI is InChI=1S/C26H21ClFN3O2/c1-16-4-7-18-13-21(28)10-11-23(18)31(16)26(33)22-14-19-3-2-12-29-24(19)30(25(22)32)15-17-5-8-20(27)9-6-17/h2-3,5-6,8-14,16H,4,7,15H2,1H3. The largest absolute Gasteiger partial charge is 0.305 e. The van der Waals surface area contributed by atoms with E-state index in [2.05, 4.69) is 4.98 Å². The summed E-state index contributed by atoms with van der Waals surface area (Å²) in [6.45, 7) is 2.20. The molecule has 5 rings (SSSR count). The maximum atomic E-state index is 13.8. The zero-order chi connectivity index (χ0) is 23.1. The summed E-state index contributed by atoms with van der Waals surface area (Å²) in [7, 11) is 0. The molecule has 2 aromatic heterocycles. The molecule has 0 N–H and O–H groups in total. The summed E-state index contributed by atoms with van der Waals surface area (Å²) in [4.78, 5) is 33.4. The first kappa shape index (κ1) is 21.3. The van der Waals surface area contributed by atoms with Gasteiger partial charge in [-0.2, -0.15) is 0 Å². The summed E-state index contributed by atoms with van der Waals surface area (Å²) >= 11 is 6.00. The van der Waals surface area contributed by atoms with Crippen molar-refractivity contribution in [3.8, 4) is 0 Å².